The number of nitrogens with zero attached hydrogens (tertiary/aromatic N) is 4. The Hall–Kier alpha value is -2.76. The molecule has 0 saturated heterocycles. The van der Waals surface area contributed by atoms with Crippen molar-refractivity contribution in [3.05, 3.63) is 89.0 Å². The summed E-state index contributed by atoms with van der Waals surface area (Å²) in [5, 5.41) is 3.07. The maximum absolute atomic E-state index is 6.08. The van der Waals surface area contributed by atoms with Gasteiger partial charge in [-0.05, 0) is 30.0 Å². The van der Waals surface area contributed by atoms with E-state index in [1.54, 1.807) is 12.5 Å². The molecule has 5 nitrogen and oxygen atoms in total. The lowest BCUT2D eigenvalue weighted by molar-refractivity contribution is 0.254. The molecule has 3 aromatic heterocycles. The van der Waals surface area contributed by atoms with E-state index in [1.165, 1.54) is 10.8 Å². The van der Waals surface area contributed by atoms with Crippen LogP contribution >= 0.6 is 11.6 Å². The predicted molar refractivity (Wildman–Crippen MR) is 112 cm³/mol. The Morgan fingerprint density at radius 1 is 1.04 bits per heavy atom. The van der Waals surface area contributed by atoms with Crippen LogP contribution in [-0.2, 0) is 19.5 Å². The molecule has 3 heterocycles. The third-order valence-electron chi connectivity index (χ3n) is 4.90. The van der Waals surface area contributed by atoms with Crippen molar-refractivity contribution >= 4 is 22.4 Å². The topological polar surface area (TPSA) is 57.7 Å². The van der Waals surface area contributed by atoms with Crippen LogP contribution in [0.25, 0.3) is 10.8 Å². The number of hydrogen-bond donors (Lipinski definition) is 1. The van der Waals surface area contributed by atoms with Crippen LogP contribution in [-0.4, -0.2) is 31.4 Å². The molecule has 0 saturated carbocycles. The number of nitrogens with one attached hydrogen (secondary N) is 1. The number of aromatic nitrogens is 4. The molecule has 28 heavy (non-hydrogen) atoms. The molecule has 0 amide bonds. The molecule has 0 aliphatic rings. The third-order valence-corrected chi connectivity index (χ3v) is 5.10. The van der Waals surface area contributed by atoms with Crippen LogP contribution < -0.4 is 0 Å². The average molecular weight is 392 g/mol. The average Bonchev–Trinajstić information content (AvgIpc) is 3.22. The molecule has 6 heteroatoms. The first-order valence-electron chi connectivity index (χ1n) is 9.33. The molecule has 142 valence electrons. The van der Waals surface area contributed by atoms with E-state index in [1.807, 2.05) is 18.5 Å². The maximum Gasteiger partial charge on any atom is 0.0923 e. The zero-order chi connectivity index (χ0) is 19.3. The van der Waals surface area contributed by atoms with Crippen molar-refractivity contribution in [2.45, 2.75) is 26.4 Å². The number of rotatable bonds is 7. The number of aryl methyl sites for hydroxylation is 1. The Morgan fingerprint density at radius 2 is 1.89 bits per heavy atom. The number of hydrogen-bond acceptors (Lipinski definition) is 4. The first-order chi connectivity index (χ1) is 13.7. The summed E-state index contributed by atoms with van der Waals surface area (Å²) in [6.07, 6.45) is 8.12. The Kier molecular flexibility index (Phi) is 5.65. The minimum Gasteiger partial charge on any atom is -0.351 e. The quantitative estimate of drug-likeness (QED) is 0.501. The van der Waals surface area contributed by atoms with Gasteiger partial charge in [0.2, 0.25) is 0 Å². The number of fused-ring (bicyclic) bond motifs is 1. The molecule has 4 aromatic rings. The van der Waals surface area contributed by atoms with Crippen LogP contribution in [0.5, 0.6) is 0 Å². The molecule has 1 N–H and O–H groups in total. The Bertz CT molecular complexity index is 1060. The standard InChI is InChI=1S/C22H22ClN5/c1-16-10-18(23)11-26-21(16)13-28(9-7-19-12-24-15-27-19)14-22-20-5-3-2-4-17(20)6-8-25-22/h2-6,8,10-12,15H,7,9,13-14H2,1H3,(H,24,27). The van der Waals surface area contributed by atoms with Gasteiger partial charge in [-0.1, -0.05) is 35.9 Å². The van der Waals surface area contributed by atoms with Crippen molar-refractivity contribution in [1.82, 2.24) is 24.8 Å². The number of pyridine rings is 2. The number of aromatic amines is 1. The summed E-state index contributed by atoms with van der Waals surface area (Å²) in [5.74, 6) is 0. The third kappa shape index (κ3) is 4.38. The van der Waals surface area contributed by atoms with E-state index in [2.05, 4.69) is 62.1 Å². The van der Waals surface area contributed by atoms with Gasteiger partial charge in [0, 0.05) is 50.0 Å². The molecule has 4 rings (SSSR count). The van der Waals surface area contributed by atoms with Gasteiger partial charge < -0.3 is 4.98 Å². The molecule has 0 spiro atoms. The van der Waals surface area contributed by atoms with E-state index in [-0.39, 0.29) is 0 Å². The van der Waals surface area contributed by atoms with Crippen molar-refractivity contribution in [3.63, 3.8) is 0 Å². The summed E-state index contributed by atoms with van der Waals surface area (Å²) in [7, 11) is 0. The molecular weight excluding hydrogens is 370 g/mol. The highest BCUT2D eigenvalue weighted by molar-refractivity contribution is 6.30. The second-order valence-corrected chi connectivity index (χ2v) is 7.35. The van der Waals surface area contributed by atoms with E-state index in [0.717, 1.165) is 48.7 Å². The highest BCUT2D eigenvalue weighted by Gasteiger charge is 2.13. The van der Waals surface area contributed by atoms with Crippen LogP contribution in [0.1, 0.15) is 22.6 Å². The first-order valence-corrected chi connectivity index (χ1v) is 9.70. The second-order valence-electron chi connectivity index (χ2n) is 6.92. The van der Waals surface area contributed by atoms with Crippen LogP contribution in [0.15, 0.2) is 61.3 Å². The lowest BCUT2D eigenvalue weighted by Gasteiger charge is -2.23. The van der Waals surface area contributed by atoms with Crippen LogP contribution in [0, 0.1) is 6.92 Å². The Balaban J connectivity index is 1.59. The minimum atomic E-state index is 0.667. The highest BCUT2D eigenvalue weighted by Crippen LogP contribution is 2.20. The maximum atomic E-state index is 6.08. The second kappa shape index (κ2) is 8.50. The van der Waals surface area contributed by atoms with E-state index in [0.29, 0.717) is 5.02 Å². The van der Waals surface area contributed by atoms with Gasteiger partial charge in [0.1, 0.15) is 0 Å². The summed E-state index contributed by atoms with van der Waals surface area (Å²) in [6, 6.07) is 12.4. The number of halogens is 1. The summed E-state index contributed by atoms with van der Waals surface area (Å²) < 4.78 is 0. The monoisotopic (exact) mass is 391 g/mol. The highest BCUT2D eigenvalue weighted by atomic mass is 35.5. The van der Waals surface area contributed by atoms with Crippen LogP contribution in [0.4, 0.5) is 0 Å². The zero-order valence-electron chi connectivity index (χ0n) is 15.8. The zero-order valence-corrected chi connectivity index (χ0v) is 16.5. The molecular formula is C22H22ClN5. The largest absolute Gasteiger partial charge is 0.351 e. The fourth-order valence-electron chi connectivity index (χ4n) is 3.38. The summed E-state index contributed by atoms with van der Waals surface area (Å²) in [5.41, 5.74) is 4.26. The Morgan fingerprint density at radius 3 is 2.71 bits per heavy atom. The van der Waals surface area contributed by atoms with Gasteiger partial charge in [-0.15, -0.1) is 0 Å². The molecule has 0 aliphatic carbocycles. The van der Waals surface area contributed by atoms with Crippen molar-refractivity contribution in [1.29, 1.82) is 0 Å². The van der Waals surface area contributed by atoms with Crippen molar-refractivity contribution in [3.8, 4) is 0 Å². The summed E-state index contributed by atoms with van der Waals surface area (Å²) >= 11 is 6.08. The number of benzene rings is 1. The molecule has 0 aliphatic heterocycles. The van der Waals surface area contributed by atoms with Gasteiger partial charge in [0.25, 0.3) is 0 Å². The predicted octanol–water partition coefficient (Wildman–Crippen LogP) is 4.56. The smallest absolute Gasteiger partial charge is 0.0923 e. The normalized spacial score (nSPS) is 11.4. The molecule has 0 unspecified atom stereocenters. The van der Waals surface area contributed by atoms with Crippen molar-refractivity contribution < 1.29 is 0 Å². The summed E-state index contributed by atoms with van der Waals surface area (Å²) in [6.45, 7) is 4.39. The lowest BCUT2D eigenvalue weighted by atomic mass is 10.1. The first kappa shape index (κ1) is 18.6. The SMILES string of the molecule is Cc1cc(Cl)cnc1CN(CCc1c[nH]cn1)Cc1nccc2ccccc12. The van der Waals surface area contributed by atoms with E-state index >= 15 is 0 Å². The van der Waals surface area contributed by atoms with Gasteiger partial charge in [-0.3, -0.25) is 14.9 Å². The van der Waals surface area contributed by atoms with Crippen molar-refractivity contribution in [2.24, 2.45) is 0 Å². The molecule has 0 bridgehead atoms. The van der Waals surface area contributed by atoms with Crippen LogP contribution in [0.2, 0.25) is 5.02 Å². The molecule has 0 fully saturated rings. The van der Waals surface area contributed by atoms with Gasteiger partial charge in [-0.2, -0.15) is 0 Å². The van der Waals surface area contributed by atoms with Gasteiger partial charge >= 0.3 is 0 Å². The van der Waals surface area contributed by atoms with Crippen LogP contribution in [0.3, 0.4) is 0 Å². The van der Waals surface area contributed by atoms with E-state index in [4.69, 9.17) is 11.6 Å². The summed E-state index contributed by atoms with van der Waals surface area (Å²) in [4.78, 5) is 19.0. The van der Waals surface area contributed by atoms with Gasteiger partial charge in [0.05, 0.1) is 28.4 Å². The lowest BCUT2D eigenvalue weighted by Crippen LogP contribution is -2.27. The molecule has 1 aromatic carbocycles. The van der Waals surface area contributed by atoms with Crippen molar-refractivity contribution in [2.75, 3.05) is 6.54 Å². The Labute approximate surface area is 169 Å². The minimum absolute atomic E-state index is 0.667. The van der Waals surface area contributed by atoms with E-state index in [9.17, 15) is 0 Å². The fourth-order valence-corrected chi connectivity index (χ4v) is 3.59. The number of imidazole rings is 1. The molecule has 0 radical (unpaired) electrons. The van der Waals surface area contributed by atoms with Gasteiger partial charge in [0.15, 0.2) is 0 Å². The van der Waals surface area contributed by atoms with Gasteiger partial charge in [-0.25, -0.2) is 4.98 Å². The van der Waals surface area contributed by atoms with E-state index < -0.39 is 0 Å². The fraction of sp³-hybridized carbons (Fsp3) is 0.227. The molecule has 0 atom stereocenters. The number of H-pyrrole nitrogens is 1.